The van der Waals surface area contributed by atoms with Crippen LogP contribution in [0, 0.1) is 11.6 Å². The molecule has 3 nitrogen and oxygen atoms in total. The number of aromatic nitrogens is 1. The quantitative estimate of drug-likeness (QED) is 0.814. The van der Waals surface area contributed by atoms with E-state index in [9.17, 15) is 13.6 Å². The van der Waals surface area contributed by atoms with Gasteiger partial charge in [-0.25, -0.2) is 13.8 Å². The number of halogens is 3. The van der Waals surface area contributed by atoms with Crippen LogP contribution in [-0.2, 0) is 6.54 Å². The van der Waals surface area contributed by atoms with E-state index in [1.165, 1.54) is 17.2 Å². The van der Waals surface area contributed by atoms with Gasteiger partial charge in [0.2, 0.25) is 0 Å². The Morgan fingerprint density at radius 3 is 2.70 bits per heavy atom. The van der Waals surface area contributed by atoms with E-state index in [0.29, 0.717) is 5.56 Å². The summed E-state index contributed by atoms with van der Waals surface area (Å²) in [7, 11) is 1.55. The highest BCUT2D eigenvalue weighted by Gasteiger charge is 2.16. The van der Waals surface area contributed by atoms with Crippen LogP contribution in [-0.4, -0.2) is 22.8 Å². The first kappa shape index (κ1) is 14.4. The summed E-state index contributed by atoms with van der Waals surface area (Å²) in [5.41, 5.74) is 0.749. The van der Waals surface area contributed by atoms with Crippen LogP contribution in [0.3, 0.4) is 0 Å². The minimum absolute atomic E-state index is 0.106. The number of benzene rings is 1. The zero-order valence-corrected chi connectivity index (χ0v) is 11.4. The van der Waals surface area contributed by atoms with Crippen molar-refractivity contribution in [2.24, 2.45) is 0 Å². The fourth-order valence-electron chi connectivity index (χ4n) is 1.73. The molecule has 0 aliphatic heterocycles. The Hall–Kier alpha value is -2.01. The third-order valence-electron chi connectivity index (χ3n) is 2.74. The number of pyridine rings is 1. The predicted octanol–water partition coefficient (Wildman–Crippen LogP) is 3.29. The Morgan fingerprint density at radius 2 is 2.05 bits per heavy atom. The summed E-state index contributed by atoms with van der Waals surface area (Å²) in [4.78, 5) is 17.3. The summed E-state index contributed by atoms with van der Waals surface area (Å²) in [6.07, 6.45) is 1.48. The summed E-state index contributed by atoms with van der Waals surface area (Å²) in [6.45, 7) is 0.140. The van der Waals surface area contributed by atoms with E-state index in [1.54, 1.807) is 19.2 Å². The molecule has 1 aromatic carbocycles. The Bertz CT molecular complexity index is 649. The van der Waals surface area contributed by atoms with Crippen molar-refractivity contribution in [3.8, 4) is 0 Å². The van der Waals surface area contributed by atoms with Crippen LogP contribution >= 0.6 is 11.6 Å². The van der Waals surface area contributed by atoms with E-state index in [-0.39, 0.29) is 23.2 Å². The second-order valence-corrected chi connectivity index (χ2v) is 4.61. The van der Waals surface area contributed by atoms with Crippen molar-refractivity contribution in [2.75, 3.05) is 7.05 Å². The summed E-state index contributed by atoms with van der Waals surface area (Å²) in [5, 5.41) is 0.106. The lowest BCUT2D eigenvalue weighted by Crippen LogP contribution is -2.26. The fraction of sp³-hybridized carbons (Fsp3) is 0.143. The van der Waals surface area contributed by atoms with Crippen molar-refractivity contribution in [1.29, 1.82) is 0 Å². The average Bonchev–Trinajstić information content (AvgIpc) is 2.42. The second-order valence-electron chi connectivity index (χ2n) is 4.25. The predicted molar refractivity (Wildman–Crippen MR) is 71.4 cm³/mol. The maximum absolute atomic E-state index is 13.1. The highest BCUT2D eigenvalue weighted by Crippen LogP contribution is 2.16. The van der Waals surface area contributed by atoms with Gasteiger partial charge >= 0.3 is 0 Å². The number of hydrogen-bond acceptors (Lipinski definition) is 2. The van der Waals surface area contributed by atoms with Crippen molar-refractivity contribution in [3.63, 3.8) is 0 Å². The first-order valence-electron chi connectivity index (χ1n) is 5.79. The third-order valence-corrected chi connectivity index (χ3v) is 3.04. The largest absolute Gasteiger partial charge is 0.337 e. The van der Waals surface area contributed by atoms with Gasteiger partial charge in [-0.1, -0.05) is 17.7 Å². The third kappa shape index (κ3) is 3.11. The molecule has 0 saturated carbocycles. The molecule has 2 aromatic rings. The molecule has 0 unspecified atom stereocenters. The van der Waals surface area contributed by atoms with Gasteiger partial charge in [-0.3, -0.25) is 4.79 Å². The first-order valence-corrected chi connectivity index (χ1v) is 6.16. The van der Waals surface area contributed by atoms with Crippen LogP contribution in [0.15, 0.2) is 36.5 Å². The number of carbonyl (C=O) groups is 1. The molecule has 2 rings (SSSR count). The van der Waals surface area contributed by atoms with Gasteiger partial charge in [0.15, 0.2) is 11.6 Å². The van der Waals surface area contributed by atoms with Gasteiger partial charge in [0.1, 0.15) is 5.15 Å². The lowest BCUT2D eigenvalue weighted by atomic mass is 10.2. The SMILES string of the molecule is CN(Cc1ccc(F)c(F)c1)C(=O)c1cccnc1Cl. The monoisotopic (exact) mass is 296 g/mol. The van der Waals surface area contributed by atoms with E-state index in [0.717, 1.165) is 12.1 Å². The van der Waals surface area contributed by atoms with E-state index >= 15 is 0 Å². The average molecular weight is 297 g/mol. The van der Waals surface area contributed by atoms with Crippen LogP contribution in [0.25, 0.3) is 0 Å². The van der Waals surface area contributed by atoms with Gasteiger partial charge in [0.05, 0.1) is 5.56 Å². The molecule has 0 radical (unpaired) electrons. The van der Waals surface area contributed by atoms with E-state index in [4.69, 9.17) is 11.6 Å². The molecule has 0 atom stereocenters. The van der Waals surface area contributed by atoms with E-state index < -0.39 is 11.6 Å². The summed E-state index contributed by atoms with van der Waals surface area (Å²) < 4.78 is 25.9. The molecular weight excluding hydrogens is 286 g/mol. The molecule has 0 aliphatic carbocycles. The topological polar surface area (TPSA) is 33.2 Å². The molecule has 0 aliphatic rings. The number of nitrogens with zero attached hydrogens (tertiary/aromatic N) is 2. The van der Waals surface area contributed by atoms with Crippen molar-refractivity contribution in [2.45, 2.75) is 6.54 Å². The molecule has 104 valence electrons. The van der Waals surface area contributed by atoms with Gasteiger partial charge in [-0.05, 0) is 29.8 Å². The first-order chi connectivity index (χ1) is 9.49. The van der Waals surface area contributed by atoms with Gasteiger partial charge in [0, 0.05) is 19.8 Å². The molecule has 0 bridgehead atoms. The molecule has 1 amide bonds. The molecular formula is C14H11ClF2N2O. The summed E-state index contributed by atoms with van der Waals surface area (Å²) in [5.74, 6) is -2.20. The highest BCUT2D eigenvalue weighted by molar-refractivity contribution is 6.32. The van der Waals surface area contributed by atoms with Gasteiger partial charge in [-0.2, -0.15) is 0 Å². The van der Waals surface area contributed by atoms with Crippen LogP contribution < -0.4 is 0 Å². The zero-order chi connectivity index (χ0) is 14.7. The molecule has 0 N–H and O–H groups in total. The zero-order valence-electron chi connectivity index (χ0n) is 10.6. The van der Waals surface area contributed by atoms with Crippen LogP contribution in [0.1, 0.15) is 15.9 Å². The lowest BCUT2D eigenvalue weighted by Gasteiger charge is -2.17. The summed E-state index contributed by atoms with van der Waals surface area (Å²) >= 11 is 5.84. The Morgan fingerprint density at radius 1 is 1.30 bits per heavy atom. The molecule has 1 heterocycles. The molecule has 0 spiro atoms. The van der Waals surface area contributed by atoms with Crippen molar-refractivity contribution in [1.82, 2.24) is 9.88 Å². The maximum Gasteiger partial charge on any atom is 0.257 e. The smallest absolute Gasteiger partial charge is 0.257 e. The van der Waals surface area contributed by atoms with Gasteiger partial charge in [-0.15, -0.1) is 0 Å². The van der Waals surface area contributed by atoms with E-state index in [2.05, 4.69) is 4.98 Å². The number of amides is 1. The molecule has 0 saturated heterocycles. The number of carbonyl (C=O) groups excluding carboxylic acids is 1. The minimum atomic E-state index is -0.942. The van der Waals surface area contributed by atoms with E-state index in [1.807, 2.05) is 0 Å². The van der Waals surface area contributed by atoms with Crippen LogP contribution in [0.2, 0.25) is 5.15 Å². The normalized spacial score (nSPS) is 10.4. The van der Waals surface area contributed by atoms with Crippen LogP contribution in [0.4, 0.5) is 8.78 Å². The summed E-state index contributed by atoms with van der Waals surface area (Å²) in [6, 6.07) is 6.67. The number of rotatable bonds is 3. The second kappa shape index (κ2) is 5.96. The Kier molecular flexibility index (Phi) is 4.29. The molecule has 0 fully saturated rings. The van der Waals surface area contributed by atoms with Crippen molar-refractivity contribution in [3.05, 3.63) is 64.4 Å². The van der Waals surface area contributed by atoms with Crippen LogP contribution in [0.5, 0.6) is 0 Å². The highest BCUT2D eigenvalue weighted by atomic mass is 35.5. The molecule has 20 heavy (non-hydrogen) atoms. The maximum atomic E-state index is 13.1. The number of hydrogen-bond donors (Lipinski definition) is 0. The van der Waals surface area contributed by atoms with Gasteiger partial charge in [0.25, 0.3) is 5.91 Å². The Balaban J connectivity index is 2.15. The molecule has 6 heteroatoms. The Labute approximate surface area is 119 Å². The van der Waals surface area contributed by atoms with Crippen molar-refractivity contribution >= 4 is 17.5 Å². The standard InChI is InChI=1S/C14H11ClF2N2O/c1-19(8-9-4-5-11(16)12(17)7-9)14(20)10-3-2-6-18-13(10)15/h2-7H,8H2,1H3. The fourth-order valence-corrected chi connectivity index (χ4v) is 1.94. The van der Waals surface area contributed by atoms with Gasteiger partial charge < -0.3 is 4.90 Å². The van der Waals surface area contributed by atoms with Crippen molar-refractivity contribution < 1.29 is 13.6 Å². The molecule has 1 aromatic heterocycles. The lowest BCUT2D eigenvalue weighted by molar-refractivity contribution is 0.0784. The minimum Gasteiger partial charge on any atom is -0.337 e.